The maximum Gasteiger partial charge on any atom is 0.326 e. The first-order chi connectivity index (χ1) is 16.4. The van der Waals surface area contributed by atoms with Gasteiger partial charge in [-0.05, 0) is 73.7 Å². The number of ketones is 1. The molecule has 1 atom stereocenters. The number of piperazine rings is 1. The molecule has 34 heavy (non-hydrogen) atoms. The fourth-order valence-corrected chi connectivity index (χ4v) is 5.36. The molecule has 2 saturated heterocycles. The number of anilines is 1. The summed E-state index contributed by atoms with van der Waals surface area (Å²) in [4.78, 5) is 43.8. The Bertz CT molecular complexity index is 1120. The highest BCUT2D eigenvalue weighted by atomic mass is 16.5. The third kappa shape index (κ3) is 3.81. The minimum Gasteiger partial charge on any atom is -0.497 e. The van der Waals surface area contributed by atoms with E-state index in [1.54, 1.807) is 14.0 Å². The molecule has 1 spiro atoms. The average Bonchev–Trinajstić information content (AvgIpc) is 3.09. The van der Waals surface area contributed by atoms with Gasteiger partial charge in [0.05, 0.1) is 13.8 Å². The normalized spacial score (nSPS) is 22.6. The number of ether oxygens (including phenoxy) is 1. The molecule has 1 N–H and O–H groups in total. The van der Waals surface area contributed by atoms with Gasteiger partial charge >= 0.3 is 6.03 Å². The Morgan fingerprint density at radius 1 is 1.06 bits per heavy atom. The molecule has 0 saturated carbocycles. The number of nitrogens with one attached hydrogen (secondary N) is 1. The molecule has 178 valence electrons. The molecule has 0 aromatic heterocycles. The zero-order valence-electron chi connectivity index (χ0n) is 19.7. The zero-order valence-corrected chi connectivity index (χ0v) is 19.7. The van der Waals surface area contributed by atoms with Crippen molar-refractivity contribution in [2.24, 2.45) is 0 Å². The maximum atomic E-state index is 13.6. The predicted octanol–water partition coefficient (Wildman–Crippen LogP) is 2.76. The molecule has 2 aromatic rings. The SMILES string of the molecule is COc1ccc2c(c1)CCC[C@@]21NC(=O)N(CN2CCN(c3ccc(C(C)=O)cc3)CC2)C1=O. The van der Waals surface area contributed by atoms with Crippen LogP contribution >= 0.6 is 0 Å². The number of urea groups is 1. The Hall–Kier alpha value is -3.39. The maximum absolute atomic E-state index is 13.6. The van der Waals surface area contributed by atoms with Crippen LogP contribution in [-0.4, -0.2) is 67.5 Å². The fraction of sp³-hybridized carbons (Fsp3) is 0.423. The van der Waals surface area contributed by atoms with E-state index < -0.39 is 5.54 Å². The van der Waals surface area contributed by atoms with Crippen LogP contribution < -0.4 is 15.0 Å². The predicted molar refractivity (Wildman–Crippen MR) is 128 cm³/mol. The number of carbonyl (C=O) groups excluding carboxylic acids is 3. The topological polar surface area (TPSA) is 82.2 Å². The molecule has 0 radical (unpaired) electrons. The fourth-order valence-electron chi connectivity index (χ4n) is 5.36. The largest absolute Gasteiger partial charge is 0.497 e. The average molecular weight is 463 g/mol. The van der Waals surface area contributed by atoms with Crippen LogP contribution in [0.1, 0.15) is 41.3 Å². The molecule has 2 fully saturated rings. The standard InChI is InChI=1S/C26H30N4O4/c1-18(31)19-5-7-21(8-6-19)29-14-12-28(13-15-29)17-30-24(32)26(27-25(30)33)11-3-4-20-16-22(34-2)9-10-23(20)26/h5-10,16H,3-4,11-15,17H2,1-2H3,(H,27,33)/t26-/m1/s1. The van der Waals surface area contributed by atoms with Gasteiger partial charge in [-0.1, -0.05) is 6.07 Å². The quantitative estimate of drug-likeness (QED) is 0.544. The van der Waals surface area contributed by atoms with Crippen molar-refractivity contribution in [2.75, 3.05) is 44.9 Å². The van der Waals surface area contributed by atoms with Gasteiger partial charge in [0.25, 0.3) is 5.91 Å². The molecule has 0 bridgehead atoms. The van der Waals surface area contributed by atoms with Crippen LogP contribution in [0.4, 0.5) is 10.5 Å². The van der Waals surface area contributed by atoms with Crippen LogP contribution in [-0.2, 0) is 16.8 Å². The summed E-state index contributed by atoms with van der Waals surface area (Å²) in [5.74, 6) is 0.659. The Labute approximate surface area is 199 Å². The van der Waals surface area contributed by atoms with Crippen LogP contribution in [0, 0.1) is 0 Å². The highest BCUT2D eigenvalue weighted by Crippen LogP contribution is 2.41. The lowest BCUT2D eigenvalue weighted by Crippen LogP contribution is -2.52. The lowest BCUT2D eigenvalue weighted by Gasteiger charge is -2.37. The second-order valence-corrected chi connectivity index (χ2v) is 9.29. The van der Waals surface area contributed by atoms with Crippen LogP contribution in [0.15, 0.2) is 42.5 Å². The first-order valence-electron chi connectivity index (χ1n) is 11.8. The summed E-state index contributed by atoms with van der Waals surface area (Å²) in [6.07, 6.45) is 2.31. The smallest absolute Gasteiger partial charge is 0.326 e. The number of fused-ring (bicyclic) bond motifs is 2. The van der Waals surface area contributed by atoms with Crippen molar-refractivity contribution in [2.45, 2.75) is 31.7 Å². The van der Waals surface area contributed by atoms with E-state index in [9.17, 15) is 14.4 Å². The monoisotopic (exact) mass is 462 g/mol. The third-order valence-electron chi connectivity index (χ3n) is 7.30. The van der Waals surface area contributed by atoms with Crippen LogP contribution in [0.2, 0.25) is 0 Å². The number of aryl methyl sites for hydroxylation is 1. The number of hydrogen-bond acceptors (Lipinski definition) is 6. The number of Topliss-reactive ketones (excluding diaryl/α,β-unsaturated/α-hetero) is 1. The van der Waals surface area contributed by atoms with Crippen molar-refractivity contribution in [1.82, 2.24) is 15.1 Å². The van der Waals surface area contributed by atoms with E-state index in [1.165, 1.54) is 4.90 Å². The summed E-state index contributed by atoms with van der Waals surface area (Å²) in [5.41, 5.74) is 2.76. The number of amides is 3. The highest BCUT2D eigenvalue weighted by Gasteiger charge is 2.54. The van der Waals surface area contributed by atoms with E-state index in [1.807, 2.05) is 42.5 Å². The van der Waals surface area contributed by atoms with E-state index in [0.717, 1.165) is 61.6 Å². The van der Waals surface area contributed by atoms with Crippen LogP contribution in [0.5, 0.6) is 5.75 Å². The van der Waals surface area contributed by atoms with E-state index in [4.69, 9.17) is 4.74 Å². The Balaban J connectivity index is 1.26. The molecule has 5 rings (SSSR count). The van der Waals surface area contributed by atoms with Gasteiger partial charge in [0.1, 0.15) is 11.3 Å². The van der Waals surface area contributed by atoms with Gasteiger partial charge < -0.3 is 15.0 Å². The molecule has 2 heterocycles. The van der Waals surface area contributed by atoms with Crippen molar-refractivity contribution in [3.63, 3.8) is 0 Å². The first-order valence-corrected chi connectivity index (χ1v) is 11.8. The molecule has 8 heteroatoms. The Morgan fingerprint density at radius 3 is 2.47 bits per heavy atom. The van der Waals surface area contributed by atoms with Crippen molar-refractivity contribution in [1.29, 1.82) is 0 Å². The van der Waals surface area contributed by atoms with Crippen molar-refractivity contribution >= 4 is 23.4 Å². The summed E-state index contributed by atoms with van der Waals surface area (Å²) in [6.45, 7) is 4.91. The number of nitrogens with zero attached hydrogens (tertiary/aromatic N) is 3. The second-order valence-electron chi connectivity index (χ2n) is 9.29. The van der Waals surface area contributed by atoms with E-state index in [-0.39, 0.29) is 24.4 Å². The van der Waals surface area contributed by atoms with Gasteiger partial charge in [-0.3, -0.25) is 14.5 Å². The molecular weight excluding hydrogens is 432 g/mol. The second kappa shape index (κ2) is 8.76. The first kappa shape index (κ1) is 22.4. The summed E-state index contributed by atoms with van der Waals surface area (Å²) >= 11 is 0. The molecule has 3 amide bonds. The summed E-state index contributed by atoms with van der Waals surface area (Å²) in [5, 5.41) is 3.03. The third-order valence-corrected chi connectivity index (χ3v) is 7.30. The summed E-state index contributed by atoms with van der Waals surface area (Å²) in [7, 11) is 1.63. The number of rotatable bonds is 5. The molecular formula is C26H30N4O4. The number of methoxy groups -OCH3 is 1. The van der Waals surface area contributed by atoms with Gasteiger partial charge in [0.15, 0.2) is 5.78 Å². The van der Waals surface area contributed by atoms with Gasteiger partial charge in [-0.25, -0.2) is 9.69 Å². The van der Waals surface area contributed by atoms with Crippen molar-refractivity contribution < 1.29 is 19.1 Å². The Kier molecular flexibility index (Phi) is 5.77. The van der Waals surface area contributed by atoms with E-state index in [2.05, 4.69) is 15.1 Å². The number of hydrogen-bond donors (Lipinski definition) is 1. The molecule has 8 nitrogen and oxygen atoms in total. The number of benzene rings is 2. The van der Waals surface area contributed by atoms with Crippen molar-refractivity contribution in [3.8, 4) is 5.75 Å². The van der Waals surface area contributed by atoms with E-state index >= 15 is 0 Å². The van der Waals surface area contributed by atoms with Crippen molar-refractivity contribution in [3.05, 3.63) is 59.2 Å². The summed E-state index contributed by atoms with van der Waals surface area (Å²) in [6, 6.07) is 13.1. The lowest BCUT2D eigenvalue weighted by molar-refractivity contribution is -0.133. The van der Waals surface area contributed by atoms with E-state index in [0.29, 0.717) is 12.0 Å². The minimum absolute atomic E-state index is 0.0578. The highest BCUT2D eigenvalue weighted by molar-refractivity contribution is 6.07. The molecule has 2 aromatic carbocycles. The zero-order chi connectivity index (χ0) is 23.9. The molecule has 3 aliphatic rings. The summed E-state index contributed by atoms with van der Waals surface area (Å²) < 4.78 is 5.35. The Morgan fingerprint density at radius 2 is 1.79 bits per heavy atom. The molecule has 1 aliphatic carbocycles. The molecule has 0 unspecified atom stereocenters. The van der Waals surface area contributed by atoms with Crippen LogP contribution in [0.25, 0.3) is 0 Å². The van der Waals surface area contributed by atoms with Gasteiger partial charge in [0, 0.05) is 37.4 Å². The minimum atomic E-state index is -0.975. The van der Waals surface area contributed by atoms with Gasteiger partial charge in [-0.2, -0.15) is 0 Å². The number of carbonyl (C=O) groups is 3. The lowest BCUT2D eigenvalue weighted by atomic mass is 9.76. The number of imide groups is 1. The van der Waals surface area contributed by atoms with Crippen LogP contribution in [0.3, 0.4) is 0 Å². The van der Waals surface area contributed by atoms with Gasteiger partial charge in [-0.15, -0.1) is 0 Å². The van der Waals surface area contributed by atoms with Gasteiger partial charge in [0.2, 0.25) is 0 Å². The molecule has 2 aliphatic heterocycles.